The number of carbonyl (C=O) groups is 1. The van der Waals surface area contributed by atoms with Gasteiger partial charge in [-0.1, -0.05) is 23.7 Å². The summed E-state index contributed by atoms with van der Waals surface area (Å²) in [5.74, 6) is -2.19. The Hall–Kier alpha value is -2.60. The lowest BCUT2D eigenvalue weighted by Gasteiger charge is -2.07. The number of aromatic carboxylic acids is 1. The lowest BCUT2D eigenvalue weighted by atomic mass is 10.1. The Balaban J connectivity index is 2.11. The highest BCUT2D eigenvalue weighted by atomic mass is 35.5. The van der Waals surface area contributed by atoms with Crippen LogP contribution in [0.2, 0.25) is 5.02 Å². The van der Waals surface area contributed by atoms with Crippen molar-refractivity contribution in [1.29, 1.82) is 0 Å². The van der Waals surface area contributed by atoms with Crippen LogP contribution in [0.1, 0.15) is 15.9 Å². The molecule has 0 aliphatic heterocycles. The predicted octanol–water partition coefficient (Wildman–Crippen LogP) is 2.87. The summed E-state index contributed by atoms with van der Waals surface area (Å²) in [4.78, 5) is 25.6. The van der Waals surface area contributed by atoms with Gasteiger partial charge in [0.1, 0.15) is 5.82 Å². The van der Waals surface area contributed by atoms with E-state index in [9.17, 15) is 14.0 Å². The zero-order chi connectivity index (χ0) is 15.9. The minimum atomic E-state index is -1.35. The standard InChI is InChI=1S/C15H10ClFN2O3/c16-9-4-5-12-11(6-9)18-15(22)19(12)7-8-2-1-3-10(13(8)17)14(20)21/h1-6H,7H2,(H,18,22)(H,20,21). The van der Waals surface area contributed by atoms with Gasteiger partial charge in [0, 0.05) is 10.6 Å². The molecule has 0 radical (unpaired) electrons. The summed E-state index contributed by atoms with van der Waals surface area (Å²) < 4.78 is 15.5. The number of hydrogen-bond donors (Lipinski definition) is 2. The van der Waals surface area contributed by atoms with Gasteiger partial charge in [-0.2, -0.15) is 0 Å². The maximum atomic E-state index is 14.2. The molecule has 3 rings (SSSR count). The molecule has 0 spiro atoms. The third-order valence-corrected chi connectivity index (χ3v) is 3.61. The monoisotopic (exact) mass is 320 g/mol. The molecule has 2 N–H and O–H groups in total. The van der Waals surface area contributed by atoms with Crippen molar-refractivity contribution in [2.45, 2.75) is 6.54 Å². The normalized spacial score (nSPS) is 11.0. The molecule has 5 nitrogen and oxygen atoms in total. The van der Waals surface area contributed by atoms with Gasteiger partial charge >= 0.3 is 11.7 Å². The third-order valence-electron chi connectivity index (χ3n) is 3.37. The van der Waals surface area contributed by atoms with Gasteiger partial charge < -0.3 is 10.1 Å². The summed E-state index contributed by atoms with van der Waals surface area (Å²) in [5.41, 5.74) is 0.380. The van der Waals surface area contributed by atoms with E-state index in [-0.39, 0.29) is 12.1 Å². The maximum Gasteiger partial charge on any atom is 0.338 e. The topological polar surface area (TPSA) is 75.1 Å². The summed E-state index contributed by atoms with van der Waals surface area (Å²) in [7, 11) is 0. The number of nitrogens with zero attached hydrogens (tertiary/aromatic N) is 1. The molecule has 1 heterocycles. The zero-order valence-corrected chi connectivity index (χ0v) is 11.9. The van der Waals surface area contributed by atoms with Gasteiger partial charge in [0.05, 0.1) is 23.1 Å². The number of benzene rings is 2. The number of carboxylic acids is 1. The fourth-order valence-corrected chi connectivity index (χ4v) is 2.50. The smallest absolute Gasteiger partial charge is 0.338 e. The number of hydrogen-bond acceptors (Lipinski definition) is 2. The van der Waals surface area contributed by atoms with E-state index in [1.54, 1.807) is 18.2 Å². The minimum absolute atomic E-state index is 0.0760. The quantitative estimate of drug-likeness (QED) is 0.779. The second-order valence-corrected chi connectivity index (χ2v) is 5.20. The van der Waals surface area contributed by atoms with Crippen LogP contribution in [0.25, 0.3) is 11.0 Å². The molecule has 0 aliphatic rings. The number of aromatic nitrogens is 2. The van der Waals surface area contributed by atoms with Crippen molar-refractivity contribution in [2.24, 2.45) is 0 Å². The third kappa shape index (κ3) is 2.37. The molecule has 112 valence electrons. The molecule has 22 heavy (non-hydrogen) atoms. The van der Waals surface area contributed by atoms with Crippen molar-refractivity contribution < 1.29 is 14.3 Å². The Morgan fingerprint density at radius 2 is 2.09 bits per heavy atom. The van der Waals surface area contributed by atoms with Crippen LogP contribution in [0.4, 0.5) is 4.39 Å². The fourth-order valence-electron chi connectivity index (χ4n) is 2.33. The summed E-state index contributed by atoms with van der Waals surface area (Å²) in [5, 5.41) is 9.42. The minimum Gasteiger partial charge on any atom is -0.478 e. The van der Waals surface area contributed by atoms with E-state index in [0.29, 0.717) is 16.1 Å². The molecule has 0 bridgehead atoms. The van der Waals surface area contributed by atoms with Gasteiger partial charge in [-0.3, -0.25) is 4.57 Å². The maximum absolute atomic E-state index is 14.2. The largest absolute Gasteiger partial charge is 0.478 e. The Morgan fingerprint density at radius 1 is 1.32 bits per heavy atom. The molecule has 0 fully saturated rings. The first-order chi connectivity index (χ1) is 10.5. The van der Waals surface area contributed by atoms with Gasteiger partial charge in [-0.15, -0.1) is 0 Å². The van der Waals surface area contributed by atoms with E-state index >= 15 is 0 Å². The first-order valence-corrected chi connectivity index (χ1v) is 6.74. The lowest BCUT2D eigenvalue weighted by Crippen LogP contribution is -2.18. The highest BCUT2D eigenvalue weighted by Gasteiger charge is 2.15. The highest BCUT2D eigenvalue weighted by molar-refractivity contribution is 6.31. The van der Waals surface area contributed by atoms with Crippen molar-refractivity contribution >= 4 is 28.6 Å². The van der Waals surface area contributed by atoms with Crippen LogP contribution in [0.5, 0.6) is 0 Å². The number of aromatic amines is 1. The van der Waals surface area contributed by atoms with E-state index in [1.807, 2.05) is 0 Å². The predicted molar refractivity (Wildman–Crippen MR) is 80.0 cm³/mol. The van der Waals surface area contributed by atoms with Gasteiger partial charge in [-0.05, 0) is 24.3 Å². The van der Waals surface area contributed by atoms with Gasteiger partial charge in [0.15, 0.2) is 0 Å². The SMILES string of the molecule is O=C(O)c1cccc(Cn2c(=O)[nH]c3cc(Cl)ccc32)c1F. The Bertz CT molecular complexity index is 946. The number of nitrogens with one attached hydrogen (secondary N) is 1. The number of H-pyrrole nitrogens is 1. The van der Waals surface area contributed by atoms with Crippen LogP contribution in [-0.2, 0) is 6.54 Å². The molecule has 0 saturated heterocycles. The van der Waals surface area contributed by atoms with Crippen molar-refractivity contribution in [3.05, 3.63) is 68.8 Å². The van der Waals surface area contributed by atoms with E-state index < -0.39 is 23.0 Å². The fraction of sp³-hybridized carbons (Fsp3) is 0.0667. The van der Waals surface area contributed by atoms with Crippen LogP contribution >= 0.6 is 11.6 Å². The van der Waals surface area contributed by atoms with Crippen molar-refractivity contribution in [3.63, 3.8) is 0 Å². The average Bonchev–Trinajstić information content (AvgIpc) is 2.76. The molecule has 3 aromatic rings. The Morgan fingerprint density at radius 3 is 2.82 bits per heavy atom. The van der Waals surface area contributed by atoms with Gasteiger partial charge in [-0.25, -0.2) is 14.0 Å². The molecule has 0 amide bonds. The van der Waals surface area contributed by atoms with Crippen LogP contribution < -0.4 is 5.69 Å². The van der Waals surface area contributed by atoms with Crippen molar-refractivity contribution in [3.8, 4) is 0 Å². The van der Waals surface area contributed by atoms with E-state index in [0.717, 1.165) is 0 Å². The molecular formula is C15H10ClFN2O3. The number of imidazole rings is 1. The van der Waals surface area contributed by atoms with Gasteiger partial charge in [0.2, 0.25) is 0 Å². The molecule has 0 atom stereocenters. The molecule has 0 aliphatic carbocycles. The van der Waals surface area contributed by atoms with E-state index in [1.165, 1.54) is 22.8 Å². The number of rotatable bonds is 3. The highest BCUT2D eigenvalue weighted by Crippen LogP contribution is 2.19. The molecule has 1 aromatic heterocycles. The number of fused-ring (bicyclic) bond motifs is 1. The number of carboxylic acid groups (broad SMARTS) is 1. The van der Waals surface area contributed by atoms with E-state index in [4.69, 9.17) is 16.7 Å². The molecule has 0 unspecified atom stereocenters. The van der Waals surface area contributed by atoms with Crippen molar-refractivity contribution in [2.75, 3.05) is 0 Å². The Kier molecular flexibility index (Phi) is 3.46. The van der Waals surface area contributed by atoms with Gasteiger partial charge in [0.25, 0.3) is 0 Å². The Labute approximate surface area is 128 Å². The molecule has 0 saturated carbocycles. The summed E-state index contributed by atoms with van der Waals surface area (Å²) in [6, 6.07) is 8.94. The molecule has 2 aromatic carbocycles. The zero-order valence-electron chi connectivity index (χ0n) is 11.1. The summed E-state index contributed by atoms with van der Waals surface area (Å²) >= 11 is 5.86. The summed E-state index contributed by atoms with van der Waals surface area (Å²) in [6.07, 6.45) is 0. The summed E-state index contributed by atoms with van der Waals surface area (Å²) in [6.45, 7) is -0.0760. The first-order valence-electron chi connectivity index (χ1n) is 6.36. The average molecular weight is 321 g/mol. The lowest BCUT2D eigenvalue weighted by molar-refractivity contribution is 0.0691. The van der Waals surface area contributed by atoms with Crippen LogP contribution in [0.3, 0.4) is 0 Å². The van der Waals surface area contributed by atoms with E-state index in [2.05, 4.69) is 4.98 Å². The number of halogens is 2. The van der Waals surface area contributed by atoms with Crippen LogP contribution in [0.15, 0.2) is 41.2 Å². The molecular weight excluding hydrogens is 311 g/mol. The van der Waals surface area contributed by atoms with Crippen LogP contribution in [0, 0.1) is 5.82 Å². The second-order valence-electron chi connectivity index (χ2n) is 4.76. The second kappa shape index (κ2) is 5.31. The van der Waals surface area contributed by atoms with Crippen molar-refractivity contribution in [1.82, 2.24) is 9.55 Å². The first kappa shape index (κ1) is 14.3. The van der Waals surface area contributed by atoms with Crippen LogP contribution in [-0.4, -0.2) is 20.6 Å². The molecule has 7 heteroatoms.